The molecule has 5 heteroatoms. The van der Waals surface area contributed by atoms with Gasteiger partial charge in [-0.2, -0.15) is 0 Å². The normalized spacial score (nSPS) is 30.4. The Bertz CT molecular complexity index is 284. The molecule has 0 aromatic carbocycles. The van der Waals surface area contributed by atoms with Crippen LogP contribution in [0.15, 0.2) is 0 Å². The molecule has 1 N–H and O–H groups in total. The summed E-state index contributed by atoms with van der Waals surface area (Å²) < 4.78 is 5.86. The Morgan fingerprint density at radius 2 is 2.00 bits per heavy atom. The third-order valence-electron chi connectivity index (χ3n) is 3.53. The first-order valence-corrected chi connectivity index (χ1v) is 7.24. The van der Waals surface area contributed by atoms with Crippen molar-refractivity contribution < 1.29 is 28.7 Å². The van der Waals surface area contributed by atoms with Gasteiger partial charge in [0.05, 0.1) is 0 Å². The molecule has 0 radical (unpaired) electrons. The van der Waals surface area contributed by atoms with Crippen LogP contribution in [0.4, 0.5) is 0 Å². The Balaban J connectivity index is 1.93. The Morgan fingerprint density at radius 1 is 1.41 bits per heavy atom. The monoisotopic (exact) mass is 331 g/mol. The van der Waals surface area contributed by atoms with Crippen molar-refractivity contribution in [3.63, 3.8) is 0 Å². The minimum absolute atomic E-state index is 0.266. The summed E-state index contributed by atoms with van der Waals surface area (Å²) in [6.45, 7) is 8.64. The van der Waals surface area contributed by atoms with E-state index in [4.69, 9.17) is 4.74 Å². The Morgan fingerprint density at radius 3 is 2.53 bits per heavy atom. The van der Waals surface area contributed by atoms with Crippen LogP contribution in [-0.2, 0) is 28.7 Å². The van der Waals surface area contributed by atoms with Crippen LogP contribution in [0.1, 0.15) is 13.8 Å². The van der Waals surface area contributed by atoms with Gasteiger partial charge in [0.25, 0.3) is 0 Å². The van der Waals surface area contributed by atoms with Crippen molar-refractivity contribution in [1.29, 1.82) is 0 Å². The molecular weight excluding hydrogens is 311 g/mol. The molecule has 2 rings (SSSR count). The Hall–Kier alpha value is 0.212. The van der Waals surface area contributed by atoms with Crippen LogP contribution >= 0.6 is 0 Å². The standard InChI is InChI=1S/C12H21N2O2.Pd/c1-9(15)12(2,3)8-14-6-10-4-13-5-11(7-14)16-10;/h10-11,13H,1,4-8H2,2-3H3;. The fraction of sp³-hybridized carbons (Fsp3) is 0.917. The van der Waals surface area contributed by atoms with Gasteiger partial charge in [-0.1, -0.05) is 0 Å². The fourth-order valence-electron chi connectivity index (χ4n) is 2.57. The van der Waals surface area contributed by atoms with Crippen LogP contribution in [0, 0.1) is 5.41 Å². The molecule has 4 nitrogen and oxygen atoms in total. The molecule has 0 saturated carbocycles. The first kappa shape index (κ1) is 13.6. The zero-order valence-electron chi connectivity index (χ0n) is 10.5. The predicted octanol–water partition coefficient (Wildman–Crippen LogP) is 0.219. The van der Waals surface area contributed by atoms with Crippen molar-refractivity contribution in [3.05, 3.63) is 0 Å². The van der Waals surface area contributed by atoms with Gasteiger partial charge in [-0.25, -0.2) is 0 Å². The van der Waals surface area contributed by atoms with Gasteiger partial charge in [0, 0.05) is 0 Å². The fourth-order valence-corrected chi connectivity index (χ4v) is 3.31. The molecule has 2 heterocycles. The van der Waals surface area contributed by atoms with Gasteiger partial charge in [0.1, 0.15) is 0 Å². The first-order valence-electron chi connectivity index (χ1n) is 6.15. The number of carbonyl (C=O) groups is 1. The van der Waals surface area contributed by atoms with Crippen molar-refractivity contribution in [3.8, 4) is 0 Å². The second-order valence-corrected chi connectivity index (χ2v) is 6.20. The SMILES string of the molecule is CC(C)(CN1CC2CNCC(C1)O2)C(=O)[CH2][Pd]. The molecule has 2 atom stereocenters. The van der Waals surface area contributed by atoms with E-state index in [2.05, 4.69) is 29.4 Å². The molecule has 2 unspecified atom stereocenters. The molecule has 2 bridgehead atoms. The maximum atomic E-state index is 11.8. The number of hydrogen-bond acceptors (Lipinski definition) is 4. The van der Waals surface area contributed by atoms with Crippen molar-refractivity contribution in [2.45, 2.75) is 30.9 Å². The summed E-state index contributed by atoms with van der Waals surface area (Å²) in [5, 5.41) is 3.38. The summed E-state index contributed by atoms with van der Waals surface area (Å²) in [7, 11) is 0. The second-order valence-electron chi connectivity index (χ2n) is 5.65. The van der Waals surface area contributed by atoms with Crippen molar-refractivity contribution in [2.24, 2.45) is 5.41 Å². The van der Waals surface area contributed by atoms with E-state index in [1.54, 1.807) is 0 Å². The van der Waals surface area contributed by atoms with Gasteiger partial charge in [-0.15, -0.1) is 0 Å². The zero-order valence-corrected chi connectivity index (χ0v) is 12.0. The third kappa shape index (κ3) is 3.36. The number of nitrogens with one attached hydrogen (secondary N) is 1. The average molecular weight is 332 g/mol. The predicted molar refractivity (Wildman–Crippen MR) is 61.6 cm³/mol. The number of ether oxygens (including phenoxy) is 1. The number of ketones is 1. The van der Waals surface area contributed by atoms with E-state index in [0.29, 0.717) is 17.1 Å². The van der Waals surface area contributed by atoms with E-state index in [1.165, 1.54) is 0 Å². The molecule has 2 fully saturated rings. The van der Waals surface area contributed by atoms with E-state index >= 15 is 0 Å². The molecule has 0 aromatic heterocycles. The van der Waals surface area contributed by atoms with Gasteiger partial charge in [-0.3, -0.25) is 0 Å². The molecule has 0 aliphatic carbocycles. The van der Waals surface area contributed by atoms with Crippen molar-refractivity contribution in [1.82, 2.24) is 10.2 Å². The van der Waals surface area contributed by atoms with Crippen LogP contribution in [0.25, 0.3) is 0 Å². The molecule has 2 aliphatic rings. The summed E-state index contributed by atoms with van der Waals surface area (Å²) in [6.07, 6.45) is 0.583. The average Bonchev–Trinajstić information content (AvgIpc) is 2.26. The van der Waals surface area contributed by atoms with E-state index in [0.717, 1.165) is 32.7 Å². The zero-order chi connectivity index (χ0) is 12.5. The van der Waals surface area contributed by atoms with Gasteiger partial charge in [-0.05, 0) is 0 Å². The van der Waals surface area contributed by atoms with Crippen LogP contribution in [0.3, 0.4) is 0 Å². The van der Waals surface area contributed by atoms with Gasteiger partial charge in [0.2, 0.25) is 0 Å². The molecule has 17 heavy (non-hydrogen) atoms. The summed E-state index contributed by atoms with van der Waals surface area (Å²) in [4.78, 5) is 14.7. The number of fused-ring (bicyclic) bond motifs is 2. The molecule has 2 aliphatic heterocycles. The van der Waals surface area contributed by atoms with E-state index in [-0.39, 0.29) is 11.2 Å². The molecule has 0 amide bonds. The Labute approximate surface area is 114 Å². The summed E-state index contributed by atoms with van der Waals surface area (Å²) in [5.41, 5.74) is -0.266. The molecule has 0 spiro atoms. The number of rotatable bonds is 4. The van der Waals surface area contributed by atoms with Gasteiger partial charge >= 0.3 is 114 Å². The molecule has 101 valence electrons. The quantitative estimate of drug-likeness (QED) is 0.748. The van der Waals surface area contributed by atoms with E-state index in [1.807, 2.05) is 13.8 Å². The van der Waals surface area contributed by atoms with E-state index < -0.39 is 0 Å². The van der Waals surface area contributed by atoms with Gasteiger partial charge in [0.15, 0.2) is 0 Å². The summed E-state index contributed by atoms with van der Waals surface area (Å²) >= 11 is 3.00. The van der Waals surface area contributed by atoms with Crippen molar-refractivity contribution in [2.75, 3.05) is 32.7 Å². The van der Waals surface area contributed by atoms with Crippen LogP contribution < -0.4 is 5.32 Å². The number of morpholine rings is 2. The van der Waals surface area contributed by atoms with Crippen molar-refractivity contribution >= 4 is 5.78 Å². The molecular formula is C12H21N2O2Pd. The van der Waals surface area contributed by atoms with E-state index in [9.17, 15) is 4.79 Å². The summed E-state index contributed by atoms with van der Waals surface area (Å²) in [6, 6.07) is 0. The third-order valence-corrected chi connectivity index (χ3v) is 4.03. The minimum atomic E-state index is -0.266. The van der Waals surface area contributed by atoms with Crippen LogP contribution in [0.2, 0.25) is 4.89 Å². The number of carbonyl (C=O) groups excluding carboxylic acids is 1. The number of hydrogen-bond donors (Lipinski definition) is 1. The second kappa shape index (κ2) is 5.46. The molecule has 0 aromatic rings. The maximum absolute atomic E-state index is 11.8. The van der Waals surface area contributed by atoms with Crippen LogP contribution in [-0.4, -0.2) is 55.6 Å². The number of nitrogens with zero attached hydrogens (tertiary/aromatic N) is 1. The number of Topliss-reactive ketones (excluding diaryl/α,β-unsaturated/α-hetero) is 1. The topological polar surface area (TPSA) is 41.6 Å². The Kier molecular flexibility index (Phi) is 4.38. The van der Waals surface area contributed by atoms with Crippen LogP contribution in [0.5, 0.6) is 0 Å². The molecule has 2 saturated heterocycles. The first-order chi connectivity index (χ1) is 8.01. The summed E-state index contributed by atoms with van der Waals surface area (Å²) in [5.74, 6) is 0.287. The van der Waals surface area contributed by atoms with Gasteiger partial charge < -0.3 is 0 Å².